The number of hydrogen-bond acceptors (Lipinski definition) is 4. The van der Waals surface area contributed by atoms with Crippen LogP contribution in [0.3, 0.4) is 0 Å². The van der Waals surface area contributed by atoms with Crippen LogP contribution in [0, 0.1) is 0 Å². The van der Waals surface area contributed by atoms with E-state index < -0.39 is 12.0 Å². The van der Waals surface area contributed by atoms with Crippen LogP contribution in [0.4, 0.5) is 0 Å². The van der Waals surface area contributed by atoms with Gasteiger partial charge in [0, 0.05) is 36.7 Å². The first-order valence-electron chi connectivity index (χ1n) is 6.55. The molecule has 5 nitrogen and oxygen atoms in total. The summed E-state index contributed by atoms with van der Waals surface area (Å²) in [5.74, 6) is 0.690. The molecule has 2 N–H and O–H groups in total. The molecule has 1 heterocycles. The zero-order chi connectivity index (χ0) is 14.4. The summed E-state index contributed by atoms with van der Waals surface area (Å²) in [5.41, 5.74) is 0.480. The van der Waals surface area contributed by atoms with Crippen molar-refractivity contribution in [3.63, 3.8) is 0 Å². The second-order valence-electron chi connectivity index (χ2n) is 4.64. The molecule has 1 aliphatic heterocycles. The zero-order valence-electron chi connectivity index (χ0n) is 11.1. The molecular formula is C14H18N2O3S. The third-order valence-corrected chi connectivity index (χ3v) is 4.13. The normalized spacial score (nSPS) is 17.4. The summed E-state index contributed by atoms with van der Waals surface area (Å²) < 4.78 is 0. The number of carboxylic acids is 1. The van der Waals surface area contributed by atoms with Gasteiger partial charge in [-0.3, -0.25) is 9.69 Å². The maximum atomic E-state index is 12.0. The van der Waals surface area contributed by atoms with Crippen molar-refractivity contribution in [1.82, 2.24) is 10.2 Å². The first-order valence-corrected chi connectivity index (χ1v) is 7.71. The molecule has 1 saturated heterocycles. The van der Waals surface area contributed by atoms with Gasteiger partial charge in [0.25, 0.3) is 5.91 Å². The summed E-state index contributed by atoms with van der Waals surface area (Å²) in [4.78, 5) is 25.4. The van der Waals surface area contributed by atoms with E-state index in [0.717, 1.165) is 24.6 Å². The molecule has 1 aliphatic rings. The Kier molecular flexibility index (Phi) is 5.43. The number of nitrogens with zero attached hydrogens (tertiary/aromatic N) is 1. The van der Waals surface area contributed by atoms with Crippen molar-refractivity contribution in [3.05, 3.63) is 35.9 Å². The molecule has 0 aliphatic carbocycles. The topological polar surface area (TPSA) is 69.6 Å². The van der Waals surface area contributed by atoms with Gasteiger partial charge < -0.3 is 10.4 Å². The summed E-state index contributed by atoms with van der Waals surface area (Å²) in [6.45, 7) is 2.10. The van der Waals surface area contributed by atoms with Crippen LogP contribution in [0.25, 0.3) is 0 Å². The molecule has 1 unspecified atom stereocenters. The van der Waals surface area contributed by atoms with E-state index in [2.05, 4.69) is 10.2 Å². The first kappa shape index (κ1) is 14.9. The van der Waals surface area contributed by atoms with E-state index in [1.54, 1.807) is 24.3 Å². The van der Waals surface area contributed by atoms with Gasteiger partial charge in [0.15, 0.2) is 0 Å². The monoisotopic (exact) mass is 294 g/mol. The third-order valence-electron chi connectivity index (χ3n) is 3.18. The van der Waals surface area contributed by atoms with Crippen LogP contribution < -0.4 is 5.32 Å². The Morgan fingerprint density at radius 2 is 1.90 bits per heavy atom. The van der Waals surface area contributed by atoms with Gasteiger partial charge >= 0.3 is 5.97 Å². The molecule has 0 aromatic heterocycles. The highest BCUT2D eigenvalue weighted by Gasteiger charge is 2.24. The molecule has 1 aromatic rings. The van der Waals surface area contributed by atoms with Gasteiger partial charge in [-0.15, -0.1) is 0 Å². The second-order valence-corrected chi connectivity index (χ2v) is 5.87. The van der Waals surface area contributed by atoms with Crippen LogP contribution >= 0.6 is 11.8 Å². The summed E-state index contributed by atoms with van der Waals surface area (Å²) in [7, 11) is 0. The molecule has 2 rings (SSSR count). The summed E-state index contributed by atoms with van der Waals surface area (Å²) in [6.07, 6.45) is 0. The predicted molar refractivity (Wildman–Crippen MR) is 79.1 cm³/mol. The van der Waals surface area contributed by atoms with Crippen molar-refractivity contribution < 1.29 is 14.7 Å². The van der Waals surface area contributed by atoms with E-state index in [1.807, 2.05) is 17.8 Å². The van der Waals surface area contributed by atoms with Crippen LogP contribution in [0.2, 0.25) is 0 Å². The molecule has 0 spiro atoms. The molecule has 0 radical (unpaired) electrons. The average Bonchev–Trinajstić information content (AvgIpc) is 2.48. The molecular weight excluding hydrogens is 276 g/mol. The standard InChI is InChI=1S/C14H18N2O3S/c17-13(11-4-2-1-3-5-11)15-12(14(18)19)10-16-6-8-20-9-7-16/h1-5,12H,6-10H2,(H,15,17)(H,18,19). The van der Waals surface area contributed by atoms with E-state index in [4.69, 9.17) is 0 Å². The molecule has 20 heavy (non-hydrogen) atoms. The molecule has 6 heteroatoms. The minimum Gasteiger partial charge on any atom is -0.480 e. The fraction of sp³-hybridized carbons (Fsp3) is 0.429. The van der Waals surface area contributed by atoms with E-state index in [0.29, 0.717) is 12.1 Å². The molecule has 1 amide bonds. The Labute approximate surface area is 122 Å². The highest BCUT2D eigenvalue weighted by atomic mass is 32.2. The lowest BCUT2D eigenvalue weighted by atomic mass is 10.2. The average molecular weight is 294 g/mol. The minimum absolute atomic E-state index is 0.343. The van der Waals surface area contributed by atoms with Gasteiger partial charge in [0.05, 0.1) is 0 Å². The SMILES string of the molecule is O=C(NC(CN1CCSCC1)C(=O)O)c1ccccc1. The van der Waals surface area contributed by atoms with Crippen LogP contribution in [-0.4, -0.2) is 59.1 Å². The smallest absolute Gasteiger partial charge is 0.327 e. The van der Waals surface area contributed by atoms with Crippen molar-refractivity contribution in [2.24, 2.45) is 0 Å². The van der Waals surface area contributed by atoms with E-state index in [9.17, 15) is 14.7 Å². The van der Waals surface area contributed by atoms with E-state index in [-0.39, 0.29) is 5.91 Å². The van der Waals surface area contributed by atoms with Gasteiger partial charge in [-0.1, -0.05) is 18.2 Å². The Hall–Kier alpha value is -1.53. The Balaban J connectivity index is 1.95. The molecule has 1 atom stereocenters. The number of aliphatic carboxylic acids is 1. The number of benzene rings is 1. The lowest BCUT2D eigenvalue weighted by Crippen LogP contribution is -2.50. The van der Waals surface area contributed by atoms with Crippen molar-refractivity contribution in [3.8, 4) is 0 Å². The number of amides is 1. The van der Waals surface area contributed by atoms with Gasteiger partial charge in [-0.05, 0) is 12.1 Å². The Morgan fingerprint density at radius 3 is 2.50 bits per heavy atom. The van der Waals surface area contributed by atoms with Crippen molar-refractivity contribution in [2.75, 3.05) is 31.1 Å². The lowest BCUT2D eigenvalue weighted by molar-refractivity contribution is -0.139. The summed E-state index contributed by atoms with van der Waals surface area (Å²) >= 11 is 1.87. The van der Waals surface area contributed by atoms with Crippen molar-refractivity contribution >= 4 is 23.6 Å². The van der Waals surface area contributed by atoms with Crippen LogP contribution in [0.1, 0.15) is 10.4 Å². The second kappa shape index (κ2) is 7.31. The summed E-state index contributed by atoms with van der Waals surface area (Å²) in [6, 6.07) is 7.80. The predicted octanol–water partition coefficient (Wildman–Crippen LogP) is 0.918. The van der Waals surface area contributed by atoms with Crippen LogP contribution in [0.15, 0.2) is 30.3 Å². The van der Waals surface area contributed by atoms with E-state index in [1.165, 1.54) is 0 Å². The van der Waals surface area contributed by atoms with Crippen molar-refractivity contribution in [2.45, 2.75) is 6.04 Å². The van der Waals surface area contributed by atoms with Crippen molar-refractivity contribution in [1.29, 1.82) is 0 Å². The number of hydrogen-bond donors (Lipinski definition) is 2. The fourth-order valence-electron chi connectivity index (χ4n) is 2.06. The quantitative estimate of drug-likeness (QED) is 0.845. The first-order chi connectivity index (χ1) is 9.66. The third kappa shape index (κ3) is 4.25. The highest BCUT2D eigenvalue weighted by Crippen LogP contribution is 2.09. The molecule has 0 bridgehead atoms. The summed E-state index contributed by atoms with van der Waals surface area (Å²) in [5, 5.41) is 11.8. The van der Waals surface area contributed by atoms with Crippen LogP contribution in [0.5, 0.6) is 0 Å². The number of rotatable bonds is 5. The van der Waals surface area contributed by atoms with Gasteiger partial charge in [0.1, 0.15) is 6.04 Å². The number of nitrogens with one attached hydrogen (secondary N) is 1. The maximum Gasteiger partial charge on any atom is 0.327 e. The zero-order valence-corrected chi connectivity index (χ0v) is 11.9. The molecule has 0 saturated carbocycles. The number of carbonyl (C=O) groups is 2. The minimum atomic E-state index is -0.993. The van der Waals surface area contributed by atoms with E-state index >= 15 is 0 Å². The Bertz CT molecular complexity index is 461. The fourth-order valence-corrected chi connectivity index (χ4v) is 3.04. The number of thioether (sulfide) groups is 1. The number of carbonyl (C=O) groups excluding carboxylic acids is 1. The molecule has 108 valence electrons. The highest BCUT2D eigenvalue weighted by molar-refractivity contribution is 7.99. The molecule has 1 fully saturated rings. The van der Waals surface area contributed by atoms with Gasteiger partial charge in [-0.2, -0.15) is 11.8 Å². The lowest BCUT2D eigenvalue weighted by Gasteiger charge is -2.28. The maximum absolute atomic E-state index is 12.0. The Morgan fingerprint density at radius 1 is 1.25 bits per heavy atom. The number of carboxylic acid groups (broad SMARTS) is 1. The largest absolute Gasteiger partial charge is 0.480 e. The van der Waals surface area contributed by atoms with Crippen LogP contribution in [-0.2, 0) is 4.79 Å². The van der Waals surface area contributed by atoms with Gasteiger partial charge in [-0.25, -0.2) is 4.79 Å². The molecule has 1 aromatic carbocycles. The van der Waals surface area contributed by atoms with Gasteiger partial charge in [0.2, 0.25) is 0 Å².